The smallest absolute Gasteiger partial charge is 0.292 e. The number of thiophene rings is 1. The van der Waals surface area contributed by atoms with Crippen LogP contribution in [0.25, 0.3) is 0 Å². The Labute approximate surface area is 123 Å². The molecule has 0 radical (unpaired) electrons. The van der Waals surface area contributed by atoms with Gasteiger partial charge in [-0.2, -0.15) is 17.5 Å². The molecule has 0 saturated carbocycles. The molecule has 0 spiro atoms. The van der Waals surface area contributed by atoms with E-state index in [1.807, 2.05) is 0 Å². The van der Waals surface area contributed by atoms with E-state index in [4.69, 9.17) is 11.6 Å². The molecule has 1 aromatic rings. The third-order valence-corrected chi connectivity index (χ3v) is 6.47. The lowest BCUT2D eigenvalue weighted by Crippen LogP contribution is -2.50. The predicted octanol–water partition coefficient (Wildman–Crippen LogP) is 2.27. The summed E-state index contributed by atoms with van der Waals surface area (Å²) in [7, 11) is -3.65. The maximum atomic E-state index is 12.3. The molecule has 1 aliphatic heterocycles. The lowest BCUT2D eigenvalue weighted by molar-refractivity contribution is -0.148. The average Bonchev–Trinajstić information content (AvgIpc) is 2.75. The normalized spacial score (nSPS) is 19.4. The Morgan fingerprint density at radius 2 is 1.80 bits per heavy atom. The molecule has 0 atom stereocenters. The van der Waals surface area contributed by atoms with Crippen LogP contribution in [0.1, 0.15) is 0 Å². The molecular formula is C10H12ClF3N2O2S2. The second kappa shape index (κ2) is 5.80. The first-order valence-corrected chi connectivity index (χ1v) is 8.36. The molecule has 114 valence electrons. The number of piperazine rings is 1. The van der Waals surface area contributed by atoms with E-state index in [0.717, 1.165) is 11.3 Å². The van der Waals surface area contributed by atoms with Crippen molar-refractivity contribution < 1.29 is 21.6 Å². The van der Waals surface area contributed by atoms with Gasteiger partial charge in [0.1, 0.15) is 4.21 Å². The van der Waals surface area contributed by atoms with Gasteiger partial charge in [-0.3, -0.25) is 4.90 Å². The highest BCUT2D eigenvalue weighted by atomic mass is 35.5. The number of sulfonamides is 1. The zero-order valence-electron chi connectivity index (χ0n) is 10.2. The molecular weight excluding hydrogens is 337 g/mol. The molecule has 0 bridgehead atoms. The van der Waals surface area contributed by atoms with E-state index >= 15 is 0 Å². The second-order valence-corrected chi connectivity index (χ2v) is 8.23. The monoisotopic (exact) mass is 348 g/mol. The Hall–Kier alpha value is -0.350. The number of alkyl halides is 3. The van der Waals surface area contributed by atoms with E-state index in [9.17, 15) is 21.6 Å². The number of hydrogen-bond donors (Lipinski definition) is 0. The van der Waals surface area contributed by atoms with Crippen LogP contribution in [0.15, 0.2) is 16.3 Å². The van der Waals surface area contributed by atoms with Crippen LogP contribution < -0.4 is 0 Å². The molecule has 4 nitrogen and oxygen atoms in total. The van der Waals surface area contributed by atoms with Crippen molar-refractivity contribution in [2.45, 2.75) is 10.4 Å². The van der Waals surface area contributed by atoms with Gasteiger partial charge in [0, 0.05) is 26.2 Å². The third-order valence-electron chi connectivity index (χ3n) is 2.88. The highest BCUT2D eigenvalue weighted by molar-refractivity contribution is 7.91. The van der Waals surface area contributed by atoms with Crippen molar-refractivity contribution in [3.63, 3.8) is 0 Å². The highest BCUT2D eigenvalue weighted by Gasteiger charge is 2.35. The fourth-order valence-corrected chi connectivity index (χ4v) is 5.00. The first-order valence-electron chi connectivity index (χ1n) is 5.73. The molecule has 0 amide bonds. The summed E-state index contributed by atoms with van der Waals surface area (Å²) in [4.78, 5) is 1.20. The van der Waals surface area contributed by atoms with Gasteiger partial charge in [0.05, 0.1) is 10.9 Å². The van der Waals surface area contributed by atoms with Crippen LogP contribution in [-0.4, -0.2) is 56.5 Å². The highest BCUT2D eigenvalue weighted by Crippen LogP contribution is 2.28. The summed E-state index contributed by atoms with van der Waals surface area (Å²) >= 11 is 6.64. The lowest BCUT2D eigenvalue weighted by Gasteiger charge is -2.33. The minimum absolute atomic E-state index is 0.0495. The van der Waals surface area contributed by atoms with Crippen molar-refractivity contribution in [2.75, 3.05) is 32.7 Å². The second-order valence-electron chi connectivity index (χ2n) is 4.35. The molecule has 0 unspecified atom stereocenters. The van der Waals surface area contributed by atoms with Gasteiger partial charge in [0.25, 0.3) is 10.0 Å². The van der Waals surface area contributed by atoms with Gasteiger partial charge in [-0.15, -0.1) is 11.3 Å². The van der Waals surface area contributed by atoms with Gasteiger partial charge in [-0.25, -0.2) is 8.42 Å². The molecule has 0 aliphatic carbocycles. The minimum Gasteiger partial charge on any atom is -0.292 e. The Kier molecular flexibility index (Phi) is 4.65. The molecule has 1 fully saturated rings. The Morgan fingerprint density at radius 1 is 1.20 bits per heavy atom. The van der Waals surface area contributed by atoms with Crippen molar-refractivity contribution in [3.05, 3.63) is 16.5 Å². The van der Waals surface area contributed by atoms with E-state index in [1.54, 1.807) is 0 Å². The number of hydrogen-bond acceptors (Lipinski definition) is 4. The van der Waals surface area contributed by atoms with Gasteiger partial charge < -0.3 is 0 Å². The van der Waals surface area contributed by atoms with Crippen molar-refractivity contribution >= 4 is 33.0 Å². The van der Waals surface area contributed by atoms with Crippen LogP contribution in [0.4, 0.5) is 13.2 Å². The van der Waals surface area contributed by atoms with Crippen LogP contribution in [0.5, 0.6) is 0 Å². The van der Waals surface area contributed by atoms with Gasteiger partial charge in [0.2, 0.25) is 0 Å². The summed E-state index contributed by atoms with van der Waals surface area (Å²) in [6, 6.07) is 2.89. The van der Waals surface area contributed by atoms with Gasteiger partial charge >= 0.3 is 6.18 Å². The SMILES string of the molecule is O=S(=O)(c1ccc(Cl)s1)N1CCN(CC(F)(F)F)CC1. The molecule has 20 heavy (non-hydrogen) atoms. The quantitative estimate of drug-likeness (QED) is 0.841. The summed E-state index contributed by atoms with van der Waals surface area (Å²) in [5.74, 6) is 0. The molecule has 0 aromatic carbocycles. The van der Waals surface area contributed by atoms with Gasteiger partial charge in [-0.1, -0.05) is 11.6 Å². The number of nitrogens with zero attached hydrogens (tertiary/aromatic N) is 2. The lowest BCUT2D eigenvalue weighted by atomic mass is 10.3. The number of halogens is 4. The molecule has 10 heteroatoms. The van der Waals surface area contributed by atoms with Crippen molar-refractivity contribution in [2.24, 2.45) is 0 Å². The first kappa shape index (κ1) is 16.0. The molecule has 2 heterocycles. The maximum Gasteiger partial charge on any atom is 0.401 e. The van der Waals surface area contributed by atoms with Crippen molar-refractivity contribution in [1.29, 1.82) is 0 Å². The molecule has 0 N–H and O–H groups in total. The zero-order chi connectivity index (χ0) is 15.0. The average molecular weight is 349 g/mol. The Balaban J connectivity index is 2.00. The van der Waals surface area contributed by atoms with Crippen molar-refractivity contribution in [3.8, 4) is 0 Å². The molecule has 2 rings (SSSR count). The summed E-state index contributed by atoms with van der Waals surface area (Å²) in [6.45, 7) is -0.775. The first-order chi connectivity index (χ1) is 9.18. The van der Waals surface area contributed by atoms with Crippen LogP contribution in [0.3, 0.4) is 0 Å². The van der Waals surface area contributed by atoms with Crippen LogP contribution in [-0.2, 0) is 10.0 Å². The summed E-state index contributed by atoms with van der Waals surface area (Å²) in [5, 5.41) is 0. The van der Waals surface area contributed by atoms with Crippen LogP contribution in [0.2, 0.25) is 4.34 Å². The van der Waals surface area contributed by atoms with E-state index in [2.05, 4.69) is 0 Å². The number of rotatable bonds is 3. The van der Waals surface area contributed by atoms with E-state index in [1.165, 1.54) is 21.3 Å². The van der Waals surface area contributed by atoms with Gasteiger partial charge in [0.15, 0.2) is 0 Å². The molecule has 1 aromatic heterocycles. The van der Waals surface area contributed by atoms with Crippen LogP contribution >= 0.6 is 22.9 Å². The van der Waals surface area contributed by atoms with E-state index in [0.29, 0.717) is 4.34 Å². The molecule has 1 saturated heterocycles. The Morgan fingerprint density at radius 3 is 2.25 bits per heavy atom. The minimum atomic E-state index is -4.26. The summed E-state index contributed by atoms with van der Waals surface area (Å²) in [5.41, 5.74) is 0. The largest absolute Gasteiger partial charge is 0.401 e. The standard InChI is InChI=1S/C10H12ClF3N2O2S2/c11-8-1-2-9(19-8)20(17,18)16-5-3-15(4-6-16)7-10(12,13)14/h1-2H,3-7H2. The molecule has 1 aliphatic rings. The Bertz CT molecular complexity index is 565. The van der Waals surface area contributed by atoms with Crippen molar-refractivity contribution in [1.82, 2.24) is 9.21 Å². The maximum absolute atomic E-state index is 12.3. The van der Waals surface area contributed by atoms with E-state index in [-0.39, 0.29) is 30.4 Å². The van der Waals surface area contributed by atoms with E-state index < -0.39 is 22.7 Å². The van der Waals surface area contributed by atoms with Gasteiger partial charge in [-0.05, 0) is 12.1 Å². The summed E-state index contributed by atoms with van der Waals surface area (Å²) in [6.07, 6.45) is -4.26. The third kappa shape index (κ3) is 3.85. The fraction of sp³-hybridized carbons (Fsp3) is 0.600. The fourth-order valence-electron chi connectivity index (χ4n) is 1.95. The predicted molar refractivity (Wildman–Crippen MR) is 70.6 cm³/mol. The summed E-state index contributed by atoms with van der Waals surface area (Å²) < 4.78 is 62.9. The zero-order valence-corrected chi connectivity index (χ0v) is 12.6. The topological polar surface area (TPSA) is 40.6 Å². The van der Waals surface area contributed by atoms with Crippen LogP contribution in [0, 0.1) is 0 Å².